The smallest absolute Gasteiger partial charge is 0.273 e. The molecule has 1 aliphatic rings. The molecule has 0 saturated carbocycles. The molecule has 1 aromatic carbocycles. The Morgan fingerprint density at radius 3 is 2.63 bits per heavy atom. The van der Waals surface area contributed by atoms with Crippen LogP contribution < -0.4 is 0 Å². The van der Waals surface area contributed by atoms with E-state index in [0.717, 1.165) is 6.29 Å². The standard InChI is InChI=1S/C14H13NO4/c16-8-10-4-3-5-11(9-17)14(10)12-6-1-2-7-13(12)15(18)19/h1-2,4,6-9,11,14H,3,5H2/t11-,14+/m0/s1. The van der Waals surface area contributed by atoms with E-state index in [4.69, 9.17) is 0 Å². The number of carbonyl (C=O) groups excluding carboxylic acids is 2. The van der Waals surface area contributed by atoms with Crippen LogP contribution in [0.1, 0.15) is 24.3 Å². The number of nitro groups is 1. The predicted molar refractivity (Wildman–Crippen MR) is 68.8 cm³/mol. The van der Waals surface area contributed by atoms with Crippen LogP contribution >= 0.6 is 0 Å². The second-order valence-corrected chi connectivity index (χ2v) is 4.49. The van der Waals surface area contributed by atoms with E-state index in [2.05, 4.69) is 0 Å². The molecule has 0 saturated heterocycles. The van der Waals surface area contributed by atoms with Gasteiger partial charge in [-0.05, 0) is 18.4 Å². The average molecular weight is 259 g/mol. The quantitative estimate of drug-likeness (QED) is 0.472. The molecule has 1 aromatic rings. The van der Waals surface area contributed by atoms with Crippen molar-refractivity contribution in [2.45, 2.75) is 18.8 Å². The van der Waals surface area contributed by atoms with E-state index in [-0.39, 0.29) is 11.6 Å². The molecule has 0 spiro atoms. The van der Waals surface area contributed by atoms with Gasteiger partial charge in [0.1, 0.15) is 12.6 Å². The summed E-state index contributed by atoms with van der Waals surface area (Å²) >= 11 is 0. The largest absolute Gasteiger partial charge is 0.303 e. The first kappa shape index (κ1) is 13.1. The van der Waals surface area contributed by atoms with E-state index >= 15 is 0 Å². The van der Waals surface area contributed by atoms with E-state index in [1.54, 1.807) is 24.3 Å². The molecule has 2 atom stereocenters. The number of para-hydroxylation sites is 1. The summed E-state index contributed by atoms with van der Waals surface area (Å²) in [5.41, 5.74) is 0.842. The highest BCUT2D eigenvalue weighted by Crippen LogP contribution is 2.40. The van der Waals surface area contributed by atoms with Gasteiger partial charge in [0.2, 0.25) is 0 Å². The topological polar surface area (TPSA) is 77.3 Å². The van der Waals surface area contributed by atoms with Gasteiger partial charge >= 0.3 is 0 Å². The van der Waals surface area contributed by atoms with E-state index in [1.165, 1.54) is 6.07 Å². The SMILES string of the molecule is O=CC1=CCC[C@@H](C=O)[C@@H]1c1ccccc1[N+](=O)[O-]. The van der Waals surface area contributed by atoms with Crippen molar-refractivity contribution in [2.75, 3.05) is 0 Å². The third kappa shape index (κ3) is 2.45. The Kier molecular flexibility index (Phi) is 3.85. The number of nitro benzene ring substituents is 1. The van der Waals surface area contributed by atoms with Crippen LogP contribution in [0.5, 0.6) is 0 Å². The second kappa shape index (κ2) is 5.56. The van der Waals surface area contributed by atoms with E-state index in [0.29, 0.717) is 30.3 Å². The van der Waals surface area contributed by atoms with Crippen molar-refractivity contribution in [3.05, 3.63) is 51.6 Å². The number of allylic oxidation sites excluding steroid dienone is 2. The third-order valence-corrected chi connectivity index (χ3v) is 3.45. The minimum Gasteiger partial charge on any atom is -0.303 e. The van der Waals surface area contributed by atoms with E-state index in [1.807, 2.05) is 0 Å². The van der Waals surface area contributed by atoms with Crippen LogP contribution in [0.4, 0.5) is 5.69 Å². The molecule has 0 N–H and O–H groups in total. The summed E-state index contributed by atoms with van der Waals surface area (Å²) in [5.74, 6) is -0.892. The molecule has 98 valence electrons. The number of benzene rings is 1. The summed E-state index contributed by atoms with van der Waals surface area (Å²) < 4.78 is 0. The fourth-order valence-corrected chi connectivity index (χ4v) is 2.58. The summed E-state index contributed by atoms with van der Waals surface area (Å²) in [6, 6.07) is 6.27. The highest BCUT2D eigenvalue weighted by molar-refractivity contribution is 5.79. The Bertz CT molecular complexity index is 550. The lowest BCUT2D eigenvalue weighted by molar-refractivity contribution is -0.385. The van der Waals surface area contributed by atoms with Crippen LogP contribution in [-0.4, -0.2) is 17.5 Å². The lowest BCUT2D eigenvalue weighted by atomic mass is 9.75. The van der Waals surface area contributed by atoms with Gasteiger partial charge in [-0.25, -0.2) is 0 Å². The van der Waals surface area contributed by atoms with E-state index < -0.39 is 10.8 Å². The summed E-state index contributed by atoms with van der Waals surface area (Å²) in [4.78, 5) is 32.9. The zero-order chi connectivity index (χ0) is 13.8. The first-order chi connectivity index (χ1) is 9.19. The molecule has 19 heavy (non-hydrogen) atoms. The van der Waals surface area contributed by atoms with Crippen molar-refractivity contribution in [3.8, 4) is 0 Å². The van der Waals surface area contributed by atoms with Gasteiger partial charge in [0.05, 0.1) is 4.92 Å². The number of hydrogen-bond donors (Lipinski definition) is 0. The first-order valence-corrected chi connectivity index (χ1v) is 6.03. The molecule has 0 fully saturated rings. The summed E-state index contributed by atoms with van der Waals surface area (Å²) in [6.07, 6.45) is 4.50. The average Bonchev–Trinajstić information content (AvgIpc) is 2.46. The second-order valence-electron chi connectivity index (χ2n) is 4.49. The van der Waals surface area contributed by atoms with Gasteiger partial charge in [0.25, 0.3) is 5.69 Å². The van der Waals surface area contributed by atoms with Gasteiger partial charge in [-0.15, -0.1) is 0 Å². The summed E-state index contributed by atoms with van der Waals surface area (Å²) in [7, 11) is 0. The Balaban J connectivity index is 2.56. The van der Waals surface area contributed by atoms with Crippen molar-refractivity contribution in [1.29, 1.82) is 0 Å². The molecule has 0 aliphatic heterocycles. The number of hydrogen-bond acceptors (Lipinski definition) is 4. The van der Waals surface area contributed by atoms with Crippen molar-refractivity contribution in [3.63, 3.8) is 0 Å². The molecule has 1 aliphatic carbocycles. The van der Waals surface area contributed by atoms with Gasteiger partial charge in [-0.2, -0.15) is 0 Å². The molecular weight excluding hydrogens is 246 g/mol. The molecule has 5 heteroatoms. The van der Waals surface area contributed by atoms with Gasteiger partial charge < -0.3 is 4.79 Å². The molecule has 0 amide bonds. The molecule has 5 nitrogen and oxygen atoms in total. The highest BCUT2D eigenvalue weighted by Gasteiger charge is 2.33. The van der Waals surface area contributed by atoms with E-state index in [9.17, 15) is 19.7 Å². The van der Waals surface area contributed by atoms with Crippen LogP contribution in [0.25, 0.3) is 0 Å². The maximum atomic E-state index is 11.2. The van der Waals surface area contributed by atoms with Crippen molar-refractivity contribution >= 4 is 18.3 Å². The lowest BCUT2D eigenvalue weighted by Crippen LogP contribution is -2.21. The Morgan fingerprint density at radius 1 is 1.26 bits per heavy atom. The van der Waals surface area contributed by atoms with Gasteiger partial charge in [0, 0.05) is 23.5 Å². The Hall–Kier alpha value is -2.30. The van der Waals surface area contributed by atoms with Gasteiger partial charge in [-0.3, -0.25) is 14.9 Å². The Labute approximate surface area is 110 Å². The monoisotopic (exact) mass is 259 g/mol. The number of nitrogens with zero attached hydrogens (tertiary/aromatic N) is 1. The first-order valence-electron chi connectivity index (χ1n) is 6.03. The van der Waals surface area contributed by atoms with Crippen molar-refractivity contribution < 1.29 is 14.5 Å². The molecule has 0 bridgehead atoms. The molecule has 0 heterocycles. The van der Waals surface area contributed by atoms with Crippen LogP contribution in [-0.2, 0) is 9.59 Å². The van der Waals surface area contributed by atoms with Crippen LogP contribution in [0.2, 0.25) is 0 Å². The maximum Gasteiger partial charge on any atom is 0.273 e. The van der Waals surface area contributed by atoms with Crippen molar-refractivity contribution in [1.82, 2.24) is 0 Å². The zero-order valence-electron chi connectivity index (χ0n) is 10.2. The summed E-state index contributed by atoms with van der Waals surface area (Å²) in [6.45, 7) is 0. The number of aldehydes is 2. The molecule has 0 unspecified atom stereocenters. The molecule has 0 aromatic heterocycles. The van der Waals surface area contributed by atoms with Gasteiger partial charge in [0.15, 0.2) is 0 Å². The van der Waals surface area contributed by atoms with Crippen LogP contribution in [0.15, 0.2) is 35.9 Å². The lowest BCUT2D eigenvalue weighted by Gasteiger charge is -2.26. The minimum atomic E-state index is -0.509. The maximum absolute atomic E-state index is 11.2. The fourth-order valence-electron chi connectivity index (χ4n) is 2.58. The van der Waals surface area contributed by atoms with Gasteiger partial charge in [-0.1, -0.05) is 24.3 Å². The fraction of sp³-hybridized carbons (Fsp3) is 0.286. The minimum absolute atomic E-state index is 0.0472. The number of carbonyl (C=O) groups is 2. The highest BCUT2D eigenvalue weighted by atomic mass is 16.6. The Morgan fingerprint density at radius 2 is 2.00 bits per heavy atom. The predicted octanol–water partition coefficient (Wildman–Crippen LogP) is 2.41. The summed E-state index contributed by atoms with van der Waals surface area (Å²) in [5, 5.41) is 11.1. The third-order valence-electron chi connectivity index (χ3n) is 3.45. The molecule has 2 rings (SSSR count). The normalized spacial score (nSPS) is 22.4. The van der Waals surface area contributed by atoms with Crippen LogP contribution in [0.3, 0.4) is 0 Å². The number of rotatable bonds is 4. The van der Waals surface area contributed by atoms with Crippen molar-refractivity contribution in [2.24, 2.45) is 5.92 Å². The molecule has 0 radical (unpaired) electrons. The zero-order valence-corrected chi connectivity index (χ0v) is 10.2. The molecular formula is C14H13NO4. The van der Waals surface area contributed by atoms with Crippen LogP contribution in [0, 0.1) is 16.0 Å².